The third kappa shape index (κ3) is 9.65. The van der Waals surface area contributed by atoms with Crippen molar-refractivity contribution in [1.82, 2.24) is 0 Å². The van der Waals surface area contributed by atoms with Crippen molar-refractivity contribution in [2.45, 2.75) is 0 Å². The molecule has 0 unspecified atom stereocenters. The van der Waals surface area contributed by atoms with Crippen molar-refractivity contribution in [3.05, 3.63) is 86.0 Å². The normalized spacial score (nSPS) is 11.2. The SMILES string of the molecule is C1=Cc2ccccc21.C=CCOCC(COCC=C)(COCC=C)COC(=O)C=C. The zero-order valence-electron chi connectivity index (χ0n) is 17.6. The Kier molecular flexibility index (Phi) is 12.8. The van der Waals surface area contributed by atoms with Crippen LogP contribution < -0.4 is 0 Å². The van der Waals surface area contributed by atoms with Gasteiger partial charge < -0.3 is 18.9 Å². The first-order valence-corrected chi connectivity index (χ1v) is 9.73. The van der Waals surface area contributed by atoms with Crippen LogP contribution in [0.4, 0.5) is 0 Å². The van der Waals surface area contributed by atoms with Gasteiger partial charge in [-0.25, -0.2) is 4.79 Å². The molecule has 0 bridgehead atoms. The van der Waals surface area contributed by atoms with E-state index in [1.807, 2.05) is 0 Å². The van der Waals surface area contributed by atoms with Gasteiger partial charge in [-0.15, -0.1) is 19.7 Å². The van der Waals surface area contributed by atoms with Crippen molar-refractivity contribution >= 4 is 18.1 Å². The Balaban J connectivity index is 0.000000455. The molecule has 5 nitrogen and oxygen atoms in total. The van der Waals surface area contributed by atoms with Crippen LogP contribution in [0.5, 0.6) is 0 Å². The van der Waals surface area contributed by atoms with Crippen LogP contribution in [0.15, 0.2) is 74.9 Å². The first kappa shape index (κ1) is 25.3. The van der Waals surface area contributed by atoms with Crippen molar-refractivity contribution < 1.29 is 23.7 Å². The van der Waals surface area contributed by atoms with E-state index in [1.165, 1.54) is 11.1 Å². The molecule has 0 aromatic heterocycles. The van der Waals surface area contributed by atoms with Crippen LogP contribution in [0, 0.1) is 5.41 Å². The lowest BCUT2D eigenvalue weighted by Crippen LogP contribution is -2.42. The molecule has 5 heteroatoms. The maximum absolute atomic E-state index is 11.3. The molecule has 1 aliphatic carbocycles. The lowest BCUT2D eigenvalue weighted by molar-refractivity contribution is -0.149. The minimum absolute atomic E-state index is 0.100. The second-order valence-electron chi connectivity index (χ2n) is 6.69. The number of hydrogen-bond donors (Lipinski definition) is 0. The smallest absolute Gasteiger partial charge is 0.330 e. The Labute approximate surface area is 180 Å². The molecular weight excluding hydrogens is 380 g/mol. The fourth-order valence-electron chi connectivity index (χ4n) is 2.51. The van der Waals surface area contributed by atoms with Gasteiger partial charge in [0.05, 0.1) is 45.1 Å². The molecule has 30 heavy (non-hydrogen) atoms. The number of rotatable bonds is 15. The van der Waals surface area contributed by atoms with Gasteiger partial charge in [0.15, 0.2) is 0 Å². The second-order valence-corrected chi connectivity index (χ2v) is 6.69. The molecule has 0 N–H and O–H groups in total. The van der Waals surface area contributed by atoms with Crippen LogP contribution in [0.25, 0.3) is 12.2 Å². The monoisotopic (exact) mass is 412 g/mol. The first-order valence-electron chi connectivity index (χ1n) is 9.73. The summed E-state index contributed by atoms with van der Waals surface area (Å²) in [5.74, 6) is -0.500. The maximum atomic E-state index is 11.3. The zero-order chi connectivity index (χ0) is 22.1. The molecule has 0 atom stereocenters. The highest BCUT2D eigenvalue weighted by Gasteiger charge is 2.33. The minimum atomic E-state index is -0.617. The van der Waals surface area contributed by atoms with Gasteiger partial charge in [-0.05, 0) is 11.1 Å². The van der Waals surface area contributed by atoms with E-state index in [0.717, 1.165) is 6.08 Å². The van der Waals surface area contributed by atoms with E-state index >= 15 is 0 Å². The summed E-state index contributed by atoms with van der Waals surface area (Å²) in [6.45, 7) is 16.4. The summed E-state index contributed by atoms with van der Waals surface area (Å²) in [5.41, 5.74) is 2.12. The molecule has 0 aliphatic heterocycles. The molecule has 1 aliphatic rings. The quantitative estimate of drug-likeness (QED) is 0.187. The molecule has 0 heterocycles. The molecular formula is C25H32O5. The molecule has 0 saturated carbocycles. The van der Waals surface area contributed by atoms with E-state index in [2.05, 4.69) is 62.7 Å². The summed E-state index contributed by atoms with van der Waals surface area (Å²) in [4.78, 5) is 11.3. The molecule has 2 rings (SSSR count). The Hall–Kier alpha value is -2.73. The van der Waals surface area contributed by atoms with E-state index in [1.54, 1.807) is 18.2 Å². The number of carbonyl (C=O) groups excluding carboxylic acids is 1. The number of fused-ring (bicyclic) bond motifs is 1. The van der Waals surface area contributed by atoms with Gasteiger partial charge in [-0.3, -0.25) is 0 Å². The second kappa shape index (κ2) is 15.2. The van der Waals surface area contributed by atoms with Crippen LogP contribution in [0.2, 0.25) is 0 Å². The van der Waals surface area contributed by atoms with E-state index in [4.69, 9.17) is 18.9 Å². The van der Waals surface area contributed by atoms with Crippen molar-refractivity contribution in [2.24, 2.45) is 5.41 Å². The third-order valence-corrected chi connectivity index (χ3v) is 4.06. The van der Waals surface area contributed by atoms with E-state index < -0.39 is 11.4 Å². The highest BCUT2D eigenvalue weighted by molar-refractivity contribution is 5.85. The van der Waals surface area contributed by atoms with Crippen molar-refractivity contribution in [1.29, 1.82) is 0 Å². The molecule has 0 saturated heterocycles. The number of esters is 1. The van der Waals surface area contributed by atoms with Gasteiger partial charge in [0.25, 0.3) is 0 Å². The van der Waals surface area contributed by atoms with Crippen LogP contribution in [0.1, 0.15) is 11.1 Å². The van der Waals surface area contributed by atoms with Gasteiger partial charge >= 0.3 is 5.97 Å². The number of ether oxygens (including phenoxy) is 4. The number of benzene rings is 1. The predicted octanol–water partition coefficient (Wildman–Crippen LogP) is 4.48. The largest absolute Gasteiger partial charge is 0.462 e. The maximum Gasteiger partial charge on any atom is 0.330 e. The Morgan fingerprint density at radius 2 is 1.20 bits per heavy atom. The topological polar surface area (TPSA) is 54.0 Å². The molecule has 1 aromatic carbocycles. The average molecular weight is 413 g/mol. The van der Waals surface area contributed by atoms with Crippen molar-refractivity contribution in [3.63, 3.8) is 0 Å². The first-order chi connectivity index (χ1) is 14.6. The van der Waals surface area contributed by atoms with E-state index in [0.29, 0.717) is 39.6 Å². The van der Waals surface area contributed by atoms with Crippen LogP contribution >= 0.6 is 0 Å². The molecule has 162 valence electrons. The summed E-state index contributed by atoms with van der Waals surface area (Å²) in [5, 5.41) is 0. The lowest BCUT2D eigenvalue weighted by atomic mass is 9.92. The predicted molar refractivity (Wildman–Crippen MR) is 122 cm³/mol. The fraction of sp³-hybridized carbons (Fsp3) is 0.320. The standard InChI is InChI=1S/C17H26O5.C8H6/c1-5-9-19-12-17(13-20-10-6-2,14-21-11-7-3)15-22-16(18)8-4;1-2-4-8-6-5-7(8)3-1/h5-8H,1-4,9-15H2;1-6H. The van der Waals surface area contributed by atoms with E-state index in [9.17, 15) is 4.79 Å². The van der Waals surface area contributed by atoms with Crippen LogP contribution in [-0.4, -0.2) is 52.2 Å². The summed E-state index contributed by atoms with van der Waals surface area (Å²) in [6, 6.07) is 8.36. The highest BCUT2D eigenvalue weighted by atomic mass is 16.5. The van der Waals surface area contributed by atoms with Gasteiger partial charge in [0, 0.05) is 6.08 Å². The summed E-state index contributed by atoms with van der Waals surface area (Å²) in [6.07, 6.45) is 10.3. The zero-order valence-corrected chi connectivity index (χ0v) is 17.6. The average Bonchev–Trinajstić information content (AvgIpc) is 2.74. The summed E-state index contributed by atoms with van der Waals surface area (Å²) < 4.78 is 21.8. The van der Waals surface area contributed by atoms with Crippen molar-refractivity contribution in [2.75, 3.05) is 46.2 Å². The molecule has 0 radical (unpaired) electrons. The van der Waals surface area contributed by atoms with Crippen molar-refractivity contribution in [3.8, 4) is 0 Å². The third-order valence-electron chi connectivity index (χ3n) is 4.06. The molecule has 0 fully saturated rings. The van der Waals surface area contributed by atoms with Crippen LogP contribution in [-0.2, 0) is 23.7 Å². The number of hydrogen-bond acceptors (Lipinski definition) is 5. The fourth-order valence-corrected chi connectivity index (χ4v) is 2.51. The molecule has 1 aromatic rings. The Morgan fingerprint density at radius 1 is 0.767 bits per heavy atom. The summed E-state index contributed by atoms with van der Waals surface area (Å²) in [7, 11) is 0. The van der Waals surface area contributed by atoms with Crippen LogP contribution in [0.3, 0.4) is 0 Å². The van der Waals surface area contributed by atoms with Gasteiger partial charge in [-0.1, -0.05) is 61.2 Å². The van der Waals surface area contributed by atoms with Gasteiger partial charge in [0.1, 0.15) is 6.61 Å². The molecule has 0 spiro atoms. The number of carbonyl (C=O) groups is 1. The van der Waals surface area contributed by atoms with E-state index in [-0.39, 0.29) is 6.61 Å². The minimum Gasteiger partial charge on any atom is -0.462 e. The molecule has 0 amide bonds. The Bertz CT molecular complexity index is 659. The highest BCUT2D eigenvalue weighted by Crippen LogP contribution is 2.22. The Morgan fingerprint density at radius 3 is 1.50 bits per heavy atom. The van der Waals surface area contributed by atoms with Gasteiger partial charge in [0.2, 0.25) is 0 Å². The summed E-state index contributed by atoms with van der Waals surface area (Å²) >= 11 is 0. The lowest BCUT2D eigenvalue weighted by Gasteiger charge is -2.32. The van der Waals surface area contributed by atoms with Gasteiger partial charge in [-0.2, -0.15) is 0 Å².